The minimum absolute atomic E-state index is 0.00282. The largest absolute Gasteiger partial charge is 0.417 e. The number of nitriles is 1. The molecule has 1 aromatic carbocycles. The number of pyridine rings is 1. The van der Waals surface area contributed by atoms with Crippen molar-refractivity contribution in [1.82, 2.24) is 24.6 Å². The number of halogens is 5. The highest BCUT2D eigenvalue weighted by atomic mass is 35.5. The molecule has 208 valence electrons. The highest BCUT2D eigenvalue weighted by Gasteiger charge is 2.62. The molecular weight excluding hydrogens is 552 g/mol. The van der Waals surface area contributed by atoms with Gasteiger partial charge in [-0.05, 0) is 35.9 Å². The Kier molecular flexibility index (Phi) is 5.43. The molecule has 9 nitrogen and oxygen atoms in total. The molecule has 40 heavy (non-hydrogen) atoms. The first kappa shape index (κ1) is 25.5. The third kappa shape index (κ3) is 3.84. The van der Waals surface area contributed by atoms with Crippen molar-refractivity contribution in [2.75, 3.05) is 36.0 Å². The number of benzene rings is 1. The minimum atomic E-state index is -4.67. The third-order valence-corrected chi connectivity index (χ3v) is 8.79. The smallest absolute Gasteiger partial charge is 0.380 e. The molecule has 0 unspecified atom stereocenters. The van der Waals surface area contributed by atoms with Gasteiger partial charge < -0.3 is 14.9 Å². The lowest BCUT2D eigenvalue weighted by atomic mass is 9.73. The number of hydrogen-bond acceptors (Lipinski definition) is 8. The van der Waals surface area contributed by atoms with E-state index in [1.165, 1.54) is 6.07 Å². The third-order valence-electron chi connectivity index (χ3n) is 8.55. The van der Waals surface area contributed by atoms with Crippen LogP contribution in [-0.2, 0) is 13.1 Å². The predicted octanol–water partition coefficient (Wildman–Crippen LogP) is 3.42. The second kappa shape index (κ2) is 8.52. The number of aromatic nitrogens is 4. The fourth-order valence-electron chi connectivity index (χ4n) is 6.40. The van der Waals surface area contributed by atoms with Crippen molar-refractivity contribution in [1.29, 1.82) is 5.26 Å². The molecule has 5 heterocycles. The van der Waals surface area contributed by atoms with Crippen LogP contribution in [0, 0.1) is 22.6 Å². The van der Waals surface area contributed by atoms with Crippen LogP contribution in [0.5, 0.6) is 0 Å². The van der Waals surface area contributed by atoms with Crippen LogP contribution >= 0.6 is 11.6 Å². The summed E-state index contributed by atoms with van der Waals surface area (Å²) < 4.78 is 55.5. The van der Waals surface area contributed by atoms with Gasteiger partial charge in [0.25, 0.3) is 0 Å². The maximum atomic E-state index is 13.7. The molecule has 1 saturated carbocycles. The summed E-state index contributed by atoms with van der Waals surface area (Å²) in [5.41, 5.74) is -1.22. The zero-order valence-electron chi connectivity index (χ0n) is 21.0. The molecule has 1 N–H and O–H groups in total. The molecule has 14 heteroatoms. The second-order valence-corrected chi connectivity index (χ2v) is 11.8. The number of aliphatic hydroxyl groups is 1. The van der Waals surface area contributed by atoms with Gasteiger partial charge in [0, 0.05) is 62.0 Å². The van der Waals surface area contributed by atoms with E-state index in [4.69, 9.17) is 16.9 Å². The molecule has 7 rings (SSSR count). The fourth-order valence-corrected chi connectivity index (χ4v) is 6.60. The van der Waals surface area contributed by atoms with Gasteiger partial charge in [-0.1, -0.05) is 11.6 Å². The Morgan fingerprint density at radius 1 is 1.02 bits per heavy atom. The zero-order chi connectivity index (χ0) is 28.0. The van der Waals surface area contributed by atoms with Gasteiger partial charge in [0.05, 0.1) is 12.2 Å². The van der Waals surface area contributed by atoms with Crippen LogP contribution in [0.3, 0.4) is 0 Å². The summed E-state index contributed by atoms with van der Waals surface area (Å²) in [4.78, 5) is 10.1. The van der Waals surface area contributed by atoms with Crippen LogP contribution < -0.4 is 9.80 Å². The first-order valence-corrected chi connectivity index (χ1v) is 13.2. The summed E-state index contributed by atoms with van der Waals surface area (Å²) >= 11 is 6.30. The van der Waals surface area contributed by atoms with E-state index in [1.807, 2.05) is 26.5 Å². The molecule has 3 aliphatic heterocycles. The summed E-state index contributed by atoms with van der Waals surface area (Å²) in [6.07, 6.45) is -5.45. The number of rotatable bonds is 3. The molecule has 3 aromatic rings. The molecule has 0 bridgehead atoms. The highest BCUT2D eigenvalue weighted by molar-refractivity contribution is 6.30. The van der Waals surface area contributed by atoms with E-state index in [0.29, 0.717) is 55.3 Å². The van der Waals surface area contributed by atoms with Crippen LogP contribution in [-0.4, -0.2) is 73.8 Å². The van der Waals surface area contributed by atoms with E-state index >= 15 is 0 Å². The lowest BCUT2D eigenvalue weighted by molar-refractivity contribution is -0.300. The van der Waals surface area contributed by atoms with Crippen LogP contribution in [0.2, 0.25) is 5.02 Å². The first-order chi connectivity index (χ1) is 19.0. The van der Waals surface area contributed by atoms with Gasteiger partial charge >= 0.3 is 6.18 Å². The van der Waals surface area contributed by atoms with Gasteiger partial charge in [-0.3, -0.25) is 9.47 Å². The molecule has 1 spiro atoms. The molecule has 0 radical (unpaired) electrons. The SMILES string of the molecule is N#Cc1nc(N2CC3(C2)CN(c2nnc4n2-c2ccc(Cl)cc2CN(C2CC(O)(C(F)(F)F)C2)C4)C3)ccc1F. The monoisotopic (exact) mass is 574 g/mol. The summed E-state index contributed by atoms with van der Waals surface area (Å²) in [7, 11) is 0. The van der Waals surface area contributed by atoms with E-state index in [1.54, 1.807) is 18.2 Å². The maximum absolute atomic E-state index is 13.7. The predicted molar refractivity (Wildman–Crippen MR) is 135 cm³/mol. The molecule has 3 fully saturated rings. The molecular formula is C26H23ClF4N8O. The van der Waals surface area contributed by atoms with Gasteiger partial charge in [-0.2, -0.15) is 18.4 Å². The number of anilines is 2. The number of alkyl halides is 3. The van der Waals surface area contributed by atoms with Crippen molar-refractivity contribution in [3.63, 3.8) is 0 Å². The van der Waals surface area contributed by atoms with E-state index in [2.05, 4.69) is 20.1 Å². The van der Waals surface area contributed by atoms with Crippen LogP contribution in [0.1, 0.15) is 29.9 Å². The summed E-state index contributed by atoms with van der Waals surface area (Å²) in [5.74, 6) is 1.18. The number of fused-ring (bicyclic) bond motifs is 3. The summed E-state index contributed by atoms with van der Waals surface area (Å²) in [5, 5.41) is 28.5. The normalized spacial score (nSPS) is 25.3. The fraction of sp³-hybridized carbons (Fsp3) is 0.462. The Balaban J connectivity index is 1.10. The van der Waals surface area contributed by atoms with Gasteiger partial charge in [0.2, 0.25) is 5.95 Å². The van der Waals surface area contributed by atoms with Crippen LogP contribution in [0.25, 0.3) is 5.69 Å². The van der Waals surface area contributed by atoms with Gasteiger partial charge in [-0.15, -0.1) is 10.2 Å². The average molecular weight is 575 g/mol. The Morgan fingerprint density at radius 2 is 1.75 bits per heavy atom. The Bertz CT molecular complexity index is 1550. The Labute approximate surface area is 231 Å². The van der Waals surface area contributed by atoms with E-state index in [9.17, 15) is 22.7 Å². The van der Waals surface area contributed by atoms with E-state index in [-0.39, 0.29) is 17.7 Å². The minimum Gasteiger partial charge on any atom is -0.380 e. The van der Waals surface area contributed by atoms with Crippen molar-refractivity contribution in [2.45, 2.75) is 43.8 Å². The Morgan fingerprint density at radius 3 is 2.45 bits per heavy atom. The summed E-state index contributed by atoms with van der Waals surface area (Å²) in [6, 6.07) is 9.59. The zero-order valence-corrected chi connectivity index (χ0v) is 21.8. The van der Waals surface area contributed by atoms with Crippen molar-refractivity contribution in [2.24, 2.45) is 5.41 Å². The molecule has 1 aliphatic carbocycles. The topological polar surface area (TPSA) is 97.3 Å². The molecule has 4 aliphatic rings. The van der Waals surface area contributed by atoms with Gasteiger partial charge in [-0.25, -0.2) is 9.37 Å². The quantitative estimate of drug-likeness (QED) is 0.476. The number of nitrogens with zero attached hydrogens (tertiary/aromatic N) is 8. The molecule has 0 atom stereocenters. The van der Waals surface area contributed by atoms with Crippen LogP contribution in [0.15, 0.2) is 30.3 Å². The van der Waals surface area contributed by atoms with E-state index in [0.717, 1.165) is 11.3 Å². The van der Waals surface area contributed by atoms with Crippen molar-refractivity contribution in [3.8, 4) is 11.8 Å². The average Bonchev–Trinajstić information content (AvgIpc) is 3.15. The first-order valence-electron chi connectivity index (χ1n) is 12.8. The van der Waals surface area contributed by atoms with Crippen molar-refractivity contribution >= 4 is 23.4 Å². The Hall–Kier alpha value is -3.47. The van der Waals surface area contributed by atoms with Gasteiger partial charge in [0.1, 0.15) is 11.9 Å². The lowest BCUT2D eigenvalue weighted by Gasteiger charge is -2.60. The standard InChI is InChI=1S/C26H23ClF4N8O/c27-16-1-3-20-15(5-16)9-36(17-6-25(40,7-17)26(29,30)31)10-22-34-35-23(39(20)22)38-13-24(14-38)11-37(12-24)21-4-2-18(28)19(8-32)33-21/h1-5,17,40H,6-7,9-14H2. The van der Waals surface area contributed by atoms with Crippen molar-refractivity contribution < 1.29 is 22.7 Å². The van der Waals surface area contributed by atoms with Crippen LogP contribution in [0.4, 0.5) is 29.3 Å². The molecule has 0 amide bonds. The molecule has 2 aromatic heterocycles. The summed E-state index contributed by atoms with van der Waals surface area (Å²) in [6.45, 7) is 3.48. The number of hydrogen-bond donors (Lipinski definition) is 1. The van der Waals surface area contributed by atoms with E-state index < -0.39 is 36.5 Å². The van der Waals surface area contributed by atoms with Crippen molar-refractivity contribution in [3.05, 3.63) is 58.3 Å². The lowest BCUT2D eigenvalue weighted by Crippen LogP contribution is -2.73. The highest BCUT2D eigenvalue weighted by Crippen LogP contribution is 2.49. The molecule has 2 saturated heterocycles. The van der Waals surface area contributed by atoms with Gasteiger partial charge in [0.15, 0.2) is 22.9 Å². The maximum Gasteiger partial charge on any atom is 0.417 e. The second-order valence-electron chi connectivity index (χ2n) is 11.3.